The van der Waals surface area contributed by atoms with Crippen molar-refractivity contribution in [1.82, 2.24) is 4.90 Å². The summed E-state index contributed by atoms with van der Waals surface area (Å²) in [7, 11) is 1.53. The van der Waals surface area contributed by atoms with Gasteiger partial charge in [0, 0.05) is 44.1 Å². The number of benzene rings is 4. The molecule has 1 fully saturated rings. The topological polar surface area (TPSA) is 136 Å². The summed E-state index contributed by atoms with van der Waals surface area (Å²) in [5.74, 6) is 0.210. The highest BCUT2D eigenvalue weighted by molar-refractivity contribution is 6.03. The lowest BCUT2D eigenvalue weighted by Gasteiger charge is -2.60. The predicted molar refractivity (Wildman–Crippen MR) is 281 cm³/mol. The van der Waals surface area contributed by atoms with Crippen LogP contribution < -0.4 is 14.2 Å². The molecule has 11 heteroatoms. The third kappa shape index (κ3) is 12.8. The van der Waals surface area contributed by atoms with Crippen LogP contribution in [0, 0.1) is 17.8 Å². The zero-order valence-corrected chi connectivity index (χ0v) is 42.5. The van der Waals surface area contributed by atoms with Crippen molar-refractivity contribution in [2.75, 3.05) is 33.5 Å². The summed E-state index contributed by atoms with van der Waals surface area (Å²) < 4.78 is 26.8. The van der Waals surface area contributed by atoms with Crippen LogP contribution in [0.25, 0.3) is 10.8 Å². The van der Waals surface area contributed by atoms with Crippen molar-refractivity contribution in [3.05, 3.63) is 120 Å². The van der Waals surface area contributed by atoms with Gasteiger partial charge >= 0.3 is 0 Å². The fraction of sp³-hybridized carbons (Fsp3) is 0.517. The number of hydrogen-bond donors (Lipinski definition) is 2. The largest absolute Gasteiger partial charge is 0.496 e. The molecule has 0 bridgehead atoms. The molecule has 3 aliphatic rings. The number of allylic oxidation sites excluding steroid dienone is 1. The SMILES string of the molecule is C=CCO[C@@]12Oc3ccc(Oc4ccc(OC)c(C=O)c4)cc3[C@H]3[C@H](CCCCO)[C@@H](CCCCO)C=C(C(=NOCC)C[C@@H]1N(Cc1cccc4ccccc14)C(=O)CCCCCCCCCCC)[C@H]32. The first kappa shape index (κ1) is 53.3. The van der Waals surface area contributed by atoms with E-state index in [-0.39, 0.29) is 43.5 Å². The molecule has 0 aromatic heterocycles. The van der Waals surface area contributed by atoms with Crippen molar-refractivity contribution >= 4 is 28.7 Å². The van der Waals surface area contributed by atoms with Gasteiger partial charge in [-0.1, -0.05) is 131 Å². The molecule has 2 N–H and O–H groups in total. The number of rotatable bonds is 30. The number of nitrogens with zero attached hydrogens (tertiary/aromatic N) is 2. The molecular weight excluding hydrogens is 893 g/mol. The minimum atomic E-state index is -1.40. The number of unbranched alkanes of at least 4 members (excludes halogenated alkanes) is 10. The smallest absolute Gasteiger partial charge is 0.239 e. The predicted octanol–water partition coefficient (Wildman–Crippen LogP) is 13.1. The average molecular weight is 971 g/mol. The highest BCUT2D eigenvalue weighted by atomic mass is 16.7. The van der Waals surface area contributed by atoms with E-state index in [2.05, 4.69) is 62.0 Å². The molecule has 1 heterocycles. The van der Waals surface area contributed by atoms with Gasteiger partial charge in [-0.15, -0.1) is 6.58 Å². The van der Waals surface area contributed by atoms with E-state index >= 15 is 4.79 Å². The van der Waals surface area contributed by atoms with Crippen molar-refractivity contribution in [1.29, 1.82) is 0 Å². The number of ether oxygens (including phenoxy) is 4. The summed E-state index contributed by atoms with van der Waals surface area (Å²) in [6.45, 7) is 9.36. The highest BCUT2D eigenvalue weighted by Gasteiger charge is 2.65. The number of aliphatic hydroxyl groups is 2. The van der Waals surface area contributed by atoms with Crippen molar-refractivity contribution in [2.24, 2.45) is 22.9 Å². The molecular formula is C60H78N2O9. The summed E-state index contributed by atoms with van der Waals surface area (Å²) in [6.07, 6.45) is 20.5. The number of fused-ring (bicyclic) bond motifs is 3. The Morgan fingerprint density at radius 3 is 2.31 bits per heavy atom. The Morgan fingerprint density at radius 2 is 1.58 bits per heavy atom. The first-order valence-corrected chi connectivity index (χ1v) is 26.6. The van der Waals surface area contributed by atoms with Gasteiger partial charge in [-0.3, -0.25) is 9.59 Å². The Labute approximate surface area is 422 Å². The molecule has 0 radical (unpaired) electrons. The van der Waals surface area contributed by atoms with Gasteiger partial charge in [0.15, 0.2) is 6.29 Å². The van der Waals surface area contributed by atoms with E-state index < -0.39 is 17.7 Å². The summed E-state index contributed by atoms with van der Waals surface area (Å²) >= 11 is 0. The lowest BCUT2D eigenvalue weighted by molar-refractivity contribution is -0.258. The van der Waals surface area contributed by atoms with E-state index in [1.54, 1.807) is 24.3 Å². The van der Waals surface area contributed by atoms with Crippen LogP contribution in [0.15, 0.2) is 108 Å². The van der Waals surface area contributed by atoms with Crippen LogP contribution in [0.3, 0.4) is 0 Å². The second-order valence-corrected chi connectivity index (χ2v) is 19.6. The molecule has 1 aliphatic heterocycles. The third-order valence-corrected chi connectivity index (χ3v) is 14.9. The normalized spacial score (nSPS) is 21.7. The van der Waals surface area contributed by atoms with Gasteiger partial charge in [0.2, 0.25) is 11.7 Å². The van der Waals surface area contributed by atoms with Gasteiger partial charge in [-0.2, -0.15) is 0 Å². The summed E-state index contributed by atoms with van der Waals surface area (Å²) in [6, 6.07) is 25.1. The van der Waals surface area contributed by atoms with Gasteiger partial charge in [0.05, 0.1) is 30.9 Å². The van der Waals surface area contributed by atoms with Crippen molar-refractivity contribution < 1.29 is 43.6 Å². The monoisotopic (exact) mass is 971 g/mol. The van der Waals surface area contributed by atoms with Gasteiger partial charge in [0.1, 0.15) is 35.6 Å². The van der Waals surface area contributed by atoms with E-state index in [0.717, 1.165) is 84.4 Å². The Morgan fingerprint density at radius 1 is 0.859 bits per heavy atom. The molecule has 2 aliphatic carbocycles. The van der Waals surface area contributed by atoms with Gasteiger partial charge in [-0.25, -0.2) is 0 Å². The van der Waals surface area contributed by atoms with E-state index in [0.29, 0.717) is 67.4 Å². The van der Waals surface area contributed by atoms with Crippen LogP contribution in [0.1, 0.15) is 150 Å². The van der Waals surface area contributed by atoms with Crippen molar-refractivity contribution in [2.45, 2.75) is 147 Å². The average Bonchev–Trinajstić information content (AvgIpc) is 3.39. The van der Waals surface area contributed by atoms with Crippen LogP contribution in [0.2, 0.25) is 0 Å². The summed E-state index contributed by atoms with van der Waals surface area (Å²) in [5.41, 5.74) is 4.10. The third-order valence-electron chi connectivity index (χ3n) is 14.9. The molecule has 0 unspecified atom stereocenters. The number of methoxy groups -OCH3 is 1. The summed E-state index contributed by atoms with van der Waals surface area (Å²) in [4.78, 5) is 35.6. The molecule has 0 saturated heterocycles. The minimum absolute atomic E-state index is 0.0386. The number of oxime groups is 1. The molecule has 1 saturated carbocycles. The van der Waals surface area contributed by atoms with Crippen LogP contribution >= 0.6 is 0 Å². The number of carbonyl (C=O) groups excluding carboxylic acids is 2. The number of aldehydes is 1. The van der Waals surface area contributed by atoms with E-state index in [9.17, 15) is 15.0 Å². The number of hydrogen-bond acceptors (Lipinski definition) is 10. The molecule has 1 amide bonds. The van der Waals surface area contributed by atoms with Gasteiger partial charge in [0.25, 0.3) is 0 Å². The number of amides is 1. The fourth-order valence-corrected chi connectivity index (χ4v) is 11.6. The van der Waals surface area contributed by atoms with Gasteiger partial charge in [-0.05, 0) is 109 Å². The second-order valence-electron chi connectivity index (χ2n) is 19.6. The quantitative estimate of drug-likeness (QED) is 0.0226. The van der Waals surface area contributed by atoms with Crippen LogP contribution in [-0.4, -0.2) is 78.4 Å². The van der Waals surface area contributed by atoms with Crippen LogP contribution in [0.4, 0.5) is 0 Å². The molecule has 7 rings (SSSR count). The fourth-order valence-electron chi connectivity index (χ4n) is 11.6. The second kappa shape index (κ2) is 26.8. The van der Waals surface area contributed by atoms with E-state index in [1.165, 1.54) is 45.6 Å². The molecule has 11 nitrogen and oxygen atoms in total. The molecule has 6 atom stereocenters. The lowest BCUT2D eigenvalue weighted by atomic mass is 9.55. The van der Waals surface area contributed by atoms with Gasteiger partial charge < -0.3 is 38.9 Å². The molecule has 4 aromatic carbocycles. The van der Waals surface area contributed by atoms with E-state index in [1.807, 2.05) is 30.0 Å². The summed E-state index contributed by atoms with van der Waals surface area (Å²) in [5, 5.41) is 27.2. The standard InChI is InChI=1S/C60H78N2O9/c1-5-8-9-10-11-12-13-14-15-29-57(66)62(41-45-26-22-25-43-23-16-17-27-49(43)45)56-40-53(61-69-7-3)51-38-44(24-18-20-34-63)50(28-19-21-35-64)58-52-39-48(70-47-30-32-54(67-4)46(37-47)42-65)31-33-55(52)71-60(56,59(51)58)68-36-6-2/h6,16-17,22-23,25-27,30-33,37-39,42,44,50,56,58-59,63-64H,2,5,7-15,18-21,24,28-29,34-36,40-41H2,1,3-4H3/t44-,50+,56-,58+,59+,60+/m0/s1. The minimum Gasteiger partial charge on any atom is -0.496 e. The maximum atomic E-state index is 15.5. The zero-order chi connectivity index (χ0) is 50.0. The Kier molecular flexibility index (Phi) is 20.1. The first-order valence-electron chi connectivity index (χ1n) is 26.6. The molecule has 71 heavy (non-hydrogen) atoms. The number of carbonyl (C=O) groups is 2. The maximum absolute atomic E-state index is 15.5. The highest BCUT2D eigenvalue weighted by Crippen LogP contribution is 2.62. The molecule has 0 spiro atoms. The Hall–Kier alpha value is -5.49. The molecule has 382 valence electrons. The van der Waals surface area contributed by atoms with Crippen molar-refractivity contribution in [3.8, 4) is 23.0 Å². The molecule has 4 aromatic rings. The lowest BCUT2D eigenvalue weighted by Crippen LogP contribution is -2.70. The van der Waals surface area contributed by atoms with Crippen molar-refractivity contribution in [3.63, 3.8) is 0 Å². The zero-order valence-electron chi connectivity index (χ0n) is 42.5. The maximum Gasteiger partial charge on any atom is 0.239 e. The Bertz CT molecular complexity index is 2430. The van der Waals surface area contributed by atoms with Crippen LogP contribution in [0.5, 0.6) is 23.0 Å². The van der Waals surface area contributed by atoms with E-state index in [4.69, 9.17) is 28.9 Å². The Balaban J connectivity index is 1.39. The number of aliphatic hydroxyl groups excluding tert-OH is 2. The first-order chi connectivity index (χ1) is 34.8. The van der Waals surface area contributed by atoms with Crippen LogP contribution in [-0.2, 0) is 20.9 Å².